The number of fused-ring (bicyclic) bond motifs is 1. The third kappa shape index (κ3) is 3.55. The third-order valence-corrected chi connectivity index (χ3v) is 8.61. The molecule has 150 valence electrons. The number of aromatic nitrogens is 1. The van der Waals surface area contributed by atoms with Gasteiger partial charge in [-0.25, -0.2) is 13.4 Å². The van der Waals surface area contributed by atoms with Crippen LogP contribution in [0.25, 0.3) is 0 Å². The molecule has 0 bridgehead atoms. The zero-order valence-corrected chi connectivity index (χ0v) is 15.8. The van der Waals surface area contributed by atoms with Crippen molar-refractivity contribution in [3.63, 3.8) is 0 Å². The molecule has 9 heteroatoms. The molecule has 4 rings (SSSR count). The van der Waals surface area contributed by atoms with Crippen LogP contribution >= 0.6 is 0 Å². The molecule has 2 aliphatic heterocycles. The van der Waals surface area contributed by atoms with Crippen LogP contribution in [0.2, 0.25) is 0 Å². The van der Waals surface area contributed by atoms with Gasteiger partial charge < -0.3 is 4.90 Å². The zero-order valence-electron chi connectivity index (χ0n) is 15.0. The molecule has 3 aliphatic rings. The molecule has 1 aromatic rings. The standard InChI is InChI=1S/C18H24F3N3O2S/c19-18(20,21)14-6-8-22-17(10-14)23-11-13-7-9-24(16(13)12-23)27(25,26)15-4-2-1-3-5-15/h6,8,10,13,15-16H,1-5,7,9,11-12H2. The molecule has 0 N–H and O–H groups in total. The SMILES string of the molecule is O=S(=O)(C1CCCCC1)N1CCC2CN(c3cc(C(F)(F)F)ccn3)CC21. The van der Waals surface area contributed by atoms with Crippen LogP contribution in [-0.4, -0.2) is 48.6 Å². The van der Waals surface area contributed by atoms with Crippen molar-refractivity contribution in [1.29, 1.82) is 0 Å². The lowest BCUT2D eigenvalue weighted by Crippen LogP contribution is -2.45. The van der Waals surface area contributed by atoms with Crippen LogP contribution in [0.4, 0.5) is 19.0 Å². The van der Waals surface area contributed by atoms with Crippen LogP contribution in [0.1, 0.15) is 44.1 Å². The van der Waals surface area contributed by atoms with Crippen molar-refractivity contribution in [1.82, 2.24) is 9.29 Å². The van der Waals surface area contributed by atoms with E-state index in [0.717, 1.165) is 50.7 Å². The molecule has 1 aliphatic carbocycles. The second-order valence-corrected chi connectivity index (χ2v) is 10.0. The molecule has 5 nitrogen and oxygen atoms in total. The number of hydrogen-bond donors (Lipinski definition) is 0. The van der Waals surface area contributed by atoms with E-state index in [2.05, 4.69) is 4.98 Å². The Labute approximate surface area is 157 Å². The predicted octanol–water partition coefficient (Wildman–Crippen LogP) is 3.27. The van der Waals surface area contributed by atoms with Crippen LogP contribution in [-0.2, 0) is 16.2 Å². The Hall–Kier alpha value is -1.35. The number of pyridine rings is 1. The number of sulfonamides is 1. The van der Waals surface area contributed by atoms with E-state index in [-0.39, 0.29) is 23.0 Å². The van der Waals surface area contributed by atoms with Gasteiger partial charge in [0.15, 0.2) is 0 Å². The van der Waals surface area contributed by atoms with Crippen LogP contribution in [0.3, 0.4) is 0 Å². The lowest BCUT2D eigenvalue weighted by molar-refractivity contribution is -0.137. The molecular weight excluding hydrogens is 379 g/mol. The Bertz CT molecular complexity index is 793. The summed E-state index contributed by atoms with van der Waals surface area (Å²) in [5.41, 5.74) is -0.726. The summed E-state index contributed by atoms with van der Waals surface area (Å²) >= 11 is 0. The first-order valence-electron chi connectivity index (χ1n) is 9.55. The van der Waals surface area contributed by atoms with Gasteiger partial charge >= 0.3 is 6.18 Å². The summed E-state index contributed by atoms with van der Waals surface area (Å²) in [7, 11) is -3.35. The molecule has 0 spiro atoms. The minimum atomic E-state index is -4.41. The molecule has 3 heterocycles. The molecule has 0 radical (unpaired) electrons. The van der Waals surface area contributed by atoms with Crippen LogP contribution in [0.5, 0.6) is 0 Å². The maximum Gasteiger partial charge on any atom is 0.416 e. The zero-order chi connectivity index (χ0) is 19.2. The van der Waals surface area contributed by atoms with Gasteiger partial charge in [-0.1, -0.05) is 19.3 Å². The van der Waals surface area contributed by atoms with Gasteiger partial charge in [-0.15, -0.1) is 0 Å². The topological polar surface area (TPSA) is 53.5 Å². The van der Waals surface area contributed by atoms with Crippen LogP contribution < -0.4 is 4.90 Å². The first-order chi connectivity index (χ1) is 12.8. The fourth-order valence-electron chi connectivity index (χ4n) is 4.75. The van der Waals surface area contributed by atoms with E-state index in [1.54, 1.807) is 9.21 Å². The highest BCUT2D eigenvalue weighted by Gasteiger charge is 2.48. The molecule has 2 unspecified atom stereocenters. The van der Waals surface area contributed by atoms with Gasteiger partial charge in [0.25, 0.3) is 0 Å². The fraction of sp³-hybridized carbons (Fsp3) is 0.722. The van der Waals surface area contributed by atoms with Crippen LogP contribution in [0, 0.1) is 5.92 Å². The van der Waals surface area contributed by atoms with Crippen molar-refractivity contribution in [2.75, 3.05) is 24.5 Å². The maximum atomic E-state index is 13.1. The Balaban J connectivity index is 1.52. The van der Waals surface area contributed by atoms with Crippen molar-refractivity contribution in [2.45, 2.75) is 56.0 Å². The van der Waals surface area contributed by atoms with Crippen molar-refractivity contribution in [3.05, 3.63) is 23.9 Å². The number of halogens is 3. The molecule has 27 heavy (non-hydrogen) atoms. The number of rotatable bonds is 3. The minimum Gasteiger partial charge on any atom is -0.355 e. The smallest absolute Gasteiger partial charge is 0.355 e. The number of nitrogens with zero attached hydrogens (tertiary/aromatic N) is 3. The summed E-state index contributed by atoms with van der Waals surface area (Å²) in [5.74, 6) is 0.425. The molecule has 2 saturated heterocycles. The lowest BCUT2D eigenvalue weighted by Gasteiger charge is -2.30. The van der Waals surface area contributed by atoms with E-state index >= 15 is 0 Å². The van der Waals surface area contributed by atoms with Crippen LogP contribution in [0.15, 0.2) is 18.3 Å². The highest BCUT2D eigenvalue weighted by molar-refractivity contribution is 7.89. The average Bonchev–Trinajstić information content (AvgIpc) is 3.22. The lowest BCUT2D eigenvalue weighted by atomic mass is 10.0. The molecule has 2 atom stereocenters. The third-order valence-electron chi connectivity index (χ3n) is 6.19. The molecule has 1 saturated carbocycles. The van der Waals surface area contributed by atoms with E-state index < -0.39 is 21.8 Å². The van der Waals surface area contributed by atoms with Crippen molar-refractivity contribution in [2.24, 2.45) is 5.92 Å². The number of anilines is 1. The molecule has 1 aromatic heterocycles. The largest absolute Gasteiger partial charge is 0.416 e. The molecule has 0 aromatic carbocycles. The Morgan fingerprint density at radius 1 is 1.07 bits per heavy atom. The van der Waals surface area contributed by atoms with E-state index in [0.29, 0.717) is 19.6 Å². The summed E-state index contributed by atoms with van der Waals surface area (Å²) in [5, 5.41) is -0.300. The second-order valence-electron chi connectivity index (χ2n) is 7.84. The maximum absolute atomic E-state index is 13.1. The highest BCUT2D eigenvalue weighted by Crippen LogP contribution is 2.39. The Kier molecular flexibility index (Phi) is 4.86. The van der Waals surface area contributed by atoms with Crippen molar-refractivity contribution < 1.29 is 21.6 Å². The van der Waals surface area contributed by atoms with E-state index in [1.165, 1.54) is 6.20 Å². The van der Waals surface area contributed by atoms with Gasteiger partial charge in [0.2, 0.25) is 10.0 Å². The van der Waals surface area contributed by atoms with Gasteiger partial charge in [-0.3, -0.25) is 0 Å². The number of alkyl halides is 3. The minimum absolute atomic E-state index is 0.153. The van der Waals surface area contributed by atoms with Crippen molar-refractivity contribution in [3.8, 4) is 0 Å². The highest BCUT2D eigenvalue weighted by atomic mass is 32.2. The molecular formula is C18H24F3N3O2S. The molecule has 0 amide bonds. The van der Waals surface area contributed by atoms with Gasteiger partial charge in [-0.2, -0.15) is 17.5 Å². The fourth-order valence-corrected chi connectivity index (χ4v) is 7.04. The predicted molar refractivity (Wildman–Crippen MR) is 95.8 cm³/mol. The second kappa shape index (κ2) is 6.92. The van der Waals surface area contributed by atoms with E-state index in [1.807, 2.05) is 0 Å². The summed E-state index contributed by atoms with van der Waals surface area (Å²) < 4.78 is 66.8. The van der Waals surface area contributed by atoms with Gasteiger partial charge in [0, 0.05) is 31.9 Å². The van der Waals surface area contributed by atoms with E-state index in [9.17, 15) is 21.6 Å². The number of hydrogen-bond acceptors (Lipinski definition) is 4. The Morgan fingerprint density at radius 3 is 2.52 bits per heavy atom. The van der Waals surface area contributed by atoms with Gasteiger partial charge in [-0.05, 0) is 37.3 Å². The summed E-state index contributed by atoms with van der Waals surface area (Å²) in [6, 6.07) is 1.86. The summed E-state index contributed by atoms with van der Waals surface area (Å²) in [4.78, 5) is 5.90. The normalized spacial score (nSPS) is 27.9. The first kappa shape index (κ1) is 19.0. The van der Waals surface area contributed by atoms with Gasteiger partial charge in [0.1, 0.15) is 5.82 Å². The monoisotopic (exact) mass is 403 g/mol. The molecule has 3 fully saturated rings. The van der Waals surface area contributed by atoms with E-state index in [4.69, 9.17) is 0 Å². The Morgan fingerprint density at radius 2 is 1.81 bits per heavy atom. The first-order valence-corrected chi connectivity index (χ1v) is 11.1. The van der Waals surface area contributed by atoms with Crippen molar-refractivity contribution >= 4 is 15.8 Å². The summed E-state index contributed by atoms with van der Waals surface area (Å²) in [6.45, 7) is 1.48. The quantitative estimate of drug-likeness (QED) is 0.777. The van der Waals surface area contributed by atoms with Gasteiger partial charge in [0.05, 0.1) is 10.8 Å². The summed E-state index contributed by atoms with van der Waals surface area (Å²) in [6.07, 6.45) is 1.94. The average molecular weight is 403 g/mol.